The number of halogens is 1. The SMILES string of the molecule is COc1c(C)cc(C(=O)CN)c(OC)c1Cl. The zero-order chi connectivity index (χ0) is 12.3. The van der Waals surface area contributed by atoms with Crippen molar-refractivity contribution in [2.24, 2.45) is 5.73 Å². The Morgan fingerprint density at radius 2 is 1.94 bits per heavy atom. The van der Waals surface area contributed by atoms with E-state index in [0.717, 1.165) is 5.56 Å². The Labute approximate surface area is 99.3 Å². The molecule has 0 spiro atoms. The zero-order valence-corrected chi connectivity index (χ0v) is 10.2. The summed E-state index contributed by atoms with van der Waals surface area (Å²) in [5, 5.41) is 0.293. The van der Waals surface area contributed by atoms with E-state index in [4.69, 9.17) is 26.8 Å². The number of ether oxygens (including phenoxy) is 2. The van der Waals surface area contributed by atoms with Gasteiger partial charge < -0.3 is 15.2 Å². The first-order valence-electron chi connectivity index (χ1n) is 4.71. The van der Waals surface area contributed by atoms with Crippen LogP contribution in [0.25, 0.3) is 0 Å². The summed E-state index contributed by atoms with van der Waals surface area (Å²) >= 11 is 6.08. The highest BCUT2D eigenvalue weighted by Gasteiger charge is 2.19. The van der Waals surface area contributed by atoms with Crippen molar-refractivity contribution in [1.82, 2.24) is 0 Å². The summed E-state index contributed by atoms with van der Waals surface area (Å²) < 4.78 is 10.2. The van der Waals surface area contributed by atoms with E-state index in [9.17, 15) is 4.79 Å². The van der Waals surface area contributed by atoms with E-state index in [2.05, 4.69) is 0 Å². The number of carbonyl (C=O) groups is 1. The van der Waals surface area contributed by atoms with Gasteiger partial charge in [-0.2, -0.15) is 0 Å². The van der Waals surface area contributed by atoms with Crippen molar-refractivity contribution in [3.05, 3.63) is 22.2 Å². The highest BCUT2D eigenvalue weighted by Crippen LogP contribution is 2.39. The standard InChI is InChI=1S/C11H14ClNO3/c1-6-4-7(8(14)5-13)11(16-3)9(12)10(6)15-2/h4H,5,13H2,1-3H3. The van der Waals surface area contributed by atoms with Gasteiger partial charge in [-0.25, -0.2) is 0 Å². The Bertz CT molecular complexity index is 418. The summed E-state index contributed by atoms with van der Waals surface area (Å²) in [4.78, 5) is 11.6. The number of hydrogen-bond donors (Lipinski definition) is 1. The lowest BCUT2D eigenvalue weighted by atomic mass is 10.1. The molecule has 0 radical (unpaired) electrons. The van der Waals surface area contributed by atoms with Crippen molar-refractivity contribution < 1.29 is 14.3 Å². The smallest absolute Gasteiger partial charge is 0.180 e. The molecule has 0 saturated heterocycles. The van der Waals surface area contributed by atoms with E-state index < -0.39 is 0 Å². The molecule has 1 rings (SSSR count). The summed E-state index contributed by atoms with van der Waals surface area (Å²) in [6.07, 6.45) is 0. The second kappa shape index (κ2) is 5.18. The lowest BCUT2D eigenvalue weighted by Crippen LogP contribution is -2.15. The largest absolute Gasteiger partial charge is 0.495 e. The van der Waals surface area contributed by atoms with Gasteiger partial charge in [-0.15, -0.1) is 0 Å². The van der Waals surface area contributed by atoms with Gasteiger partial charge in [0.25, 0.3) is 0 Å². The van der Waals surface area contributed by atoms with Crippen molar-refractivity contribution >= 4 is 17.4 Å². The number of rotatable bonds is 4. The molecule has 0 heterocycles. The number of ketones is 1. The van der Waals surface area contributed by atoms with Crippen LogP contribution in [0, 0.1) is 6.92 Å². The average molecular weight is 244 g/mol. The maximum Gasteiger partial charge on any atom is 0.180 e. The molecule has 0 aliphatic carbocycles. The minimum Gasteiger partial charge on any atom is -0.495 e. The Hall–Kier alpha value is -1.26. The van der Waals surface area contributed by atoms with Gasteiger partial charge in [0.15, 0.2) is 11.5 Å². The maximum absolute atomic E-state index is 11.6. The number of Topliss-reactive ketones (excluding diaryl/α,β-unsaturated/α-hetero) is 1. The van der Waals surface area contributed by atoms with Crippen LogP contribution >= 0.6 is 11.6 Å². The van der Waals surface area contributed by atoms with E-state index in [1.807, 2.05) is 0 Å². The molecule has 0 bridgehead atoms. The highest BCUT2D eigenvalue weighted by atomic mass is 35.5. The highest BCUT2D eigenvalue weighted by molar-refractivity contribution is 6.34. The average Bonchev–Trinajstić information content (AvgIpc) is 2.28. The molecule has 1 aromatic carbocycles. The Kier molecular flexibility index (Phi) is 4.15. The fourth-order valence-corrected chi connectivity index (χ4v) is 1.91. The topological polar surface area (TPSA) is 61.5 Å². The molecule has 0 atom stereocenters. The van der Waals surface area contributed by atoms with Crippen molar-refractivity contribution in [2.45, 2.75) is 6.92 Å². The molecule has 88 valence electrons. The molecule has 2 N–H and O–H groups in total. The number of carbonyl (C=O) groups excluding carboxylic acids is 1. The van der Waals surface area contributed by atoms with E-state index in [1.165, 1.54) is 14.2 Å². The van der Waals surface area contributed by atoms with E-state index >= 15 is 0 Å². The molecule has 0 amide bonds. The van der Waals surface area contributed by atoms with Crippen LogP contribution in [0.4, 0.5) is 0 Å². The molecule has 1 aromatic rings. The van der Waals surface area contributed by atoms with Gasteiger partial charge in [0.05, 0.1) is 26.3 Å². The van der Waals surface area contributed by atoms with Gasteiger partial charge in [0.1, 0.15) is 10.8 Å². The van der Waals surface area contributed by atoms with Gasteiger partial charge in [-0.1, -0.05) is 11.6 Å². The fourth-order valence-electron chi connectivity index (χ4n) is 1.51. The first kappa shape index (κ1) is 12.8. The molecule has 0 fully saturated rings. The van der Waals surface area contributed by atoms with Gasteiger partial charge in [-0.05, 0) is 18.6 Å². The lowest BCUT2D eigenvalue weighted by Gasteiger charge is -2.14. The Morgan fingerprint density at radius 1 is 1.38 bits per heavy atom. The van der Waals surface area contributed by atoms with Crippen LogP contribution in [-0.4, -0.2) is 26.5 Å². The van der Waals surface area contributed by atoms with Crippen LogP contribution in [0.1, 0.15) is 15.9 Å². The molecule has 5 heteroatoms. The third-order valence-corrected chi connectivity index (χ3v) is 2.60. The van der Waals surface area contributed by atoms with Gasteiger partial charge in [0, 0.05) is 0 Å². The van der Waals surface area contributed by atoms with Crippen LogP contribution in [0.15, 0.2) is 6.07 Å². The third-order valence-electron chi connectivity index (χ3n) is 2.26. The minimum atomic E-state index is -0.218. The molecule has 0 saturated carbocycles. The maximum atomic E-state index is 11.6. The van der Waals surface area contributed by atoms with Crippen LogP contribution in [0.5, 0.6) is 11.5 Å². The number of benzene rings is 1. The van der Waals surface area contributed by atoms with Crippen molar-refractivity contribution in [3.8, 4) is 11.5 Å². The summed E-state index contributed by atoms with van der Waals surface area (Å²) in [7, 11) is 2.96. The molecular formula is C11H14ClNO3. The van der Waals surface area contributed by atoms with E-state index in [0.29, 0.717) is 22.1 Å². The summed E-state index contributed by atoms with van der Waals surface area (Å²) in [6, 6.07) is 1.67. The molecule has 0 aliphatic rings. The van der Waals surface area contributed by atoms with Gasteiger partial charge in [-0.3, -0.25) is 4.79 Å². The quantitative estimate of drug-likeness (QED) is 0.820. The predicted octanol–water partition coefficient (Wildman–Crippen LogP) is 1.81. The summed E-state index contributed by atoms with van der Waals surface area (Å²) in [6.45, 7) is 1.72. The van der Waals surface area contributed by atoms with E-state index in [-0.39, 0.29) is 12.3 Å². The molecule has 0 aromatic heterocycles. The third kappa shape index (κ3) is 2.13. The summed E-state index contributed by atoms with van der Waals surface area (Å²) in [5.41, 5.74) is 6.47. The first-order valence-corrected chi connectivity index (χ1v) is 5.08. The van der Waals surface area contributed by atoms with Crippen molar-refractivity contribution in [1.29, 1.82) is 0 Å². The number of aryl methyl sites for hydroxylation is 1. The Morgan fingerprint density at radius 3 is 2.38 bits per heavy atom. The second-order valence-electron chi connectivity index (χ2n) is 3.25. The van der Waals surface area contributed by atoms with Gasteiger partial charge in [0.2, 0.25) is 0 Å². The van der Waals surface area contributed by atoms with Gasteiger partial charge >= 0.3 is 0 Å². The Balaban J connectivity index is 3.46. The molecule has 4 nitrogen and oxygen atoms in total. The van der Waals surface area contributed by atoms with Crippen LogP contribution < -0.4 is 15.2 Å². The molecule has 0 unspecified atom stereocenters. The van der Waals surface area contributed by atoms with Crippen LogP contribution in [0.2, 0.25) is 5.02 Å². The normalized spacial score (nSPS) is 10.1. The lowest BCUT2D eigenvalue weighted by molar-refractivity contribution is 0.0998. The first-order chi connectivity index (χ1) is 7.56. The predicted molar refractivity (Wildman–Crippen MR) is 62.7 cm³/mol. The minimum absolute atomic E-state index is 0.0849. The number of methoxy groups -OCH3 is 2. The molecule has 16 heavy (non-hydrogen) atoms. The van der Waals surface area contributed by atoms with Crippen LogP contribution in [-0.2, 0) is 0 Å². The molecular weight excluding hydrogens is 230 g/mol. The zero-order valence-electron chi connectivity index (χ0n) is 9.46. The summed E-state index contributed by atoms with van der Waals surface area (Å²) in [5.74, 6) is 0.594. The molecule has 0 aliphatic heterocycles. The second-order valence-corrected chi connectivity index (χ2v) is 3.63. The fraction of sp³-hybridized carbons (Fsp3) is 0.364. The van der Waals surface area contributed by atoms with Crippen molar-refractivity contribution in [2.75, 3.05) is 20.8 Å². The number of hydrogen-bond acceptors (Lipinski definition) is 4. The van der Waals surface area contributed by atoms with E-state index in [1.54, 1.807) is 13.0 Å². The van der Waals surface area contributed by atoms with Crippen molar-refractivity contribution in [3.63, 3.8) is 0 Å². The monoisotopic (exact) mass is 243 g/mol. The van der Waals surface area contributed by atoms with Crippen LogP contribution in [0.3, 0.4) is 0 Å². The number of nitrogens with two attached hydrogens (primary N) is 1.